The summed E-state index contributed by atoms with van der Waals surface area (Å²) in [5, 5.41) is 8.40. The van der Waals surface area contributed by atoms with Crippen molar-refractivity contribution in [2.75, 3.05) is 6.61 Å². The van der Waals surface area contributed by atoms with E-state index in [1.165, 1.54) is 0 Å². The fourth-order valence-corrected chi connectivity index (χ4v) is 0.156. The average molecular weight is 165 g/mol. The molecule has 0 unspecified atom stereocenters. The monoisotopic (exact) mass is 164 g/mol. The van der Waals surface area contributed by atoms with E-state index in [1.54, 1.807) is 0 Å². The van der Waals surface area contributed by atoms with Crippen LogP contribution in [0.1, 0.15) is 6.92 Å². The molecule has 0 fully saturated rings. The number of hydrogen-bond acceptors (Lipinski definition) is 1. The van der Waals surface area contributed by atoms with E-state index in [0.29, 0.717) is 0 Å². The summed E-state index contributed by atoms with van der Waals surface area (Å²) < 4.78 is 0. The maximum absolute atomic E-state index is 8.40. The van der Waals surface area contributed by atoms with Crippen LogP contribution in [0.5, 0.6) is 0 Å². The first-order valence-corrected chi connectivity index (χ1v) is 3.00. The zero-order chi connectivity index (χ0) is 5.86. The van der Waals surface area contributed by atoms with Crippen LogP contribution in [-0.2, 0) is 0 Å². The summed E-state index contributed by atoms with van der Waals surface area (Å²) in [6, 6.07) is 0. The Morgan fingerprint density at radius 1 is 2.00 bits per heavy atom. The van der Waals surface area contributed by atoms with Gasteiger partial charge in [-0.15, -0.1) is 0 Å². The van der Waals surface area contributed by atoms with Crippen LogP contribution < -0.4 is 0 Å². The Kier molecular flexibility index (Phi) is 3.30. The first-order valence-electron chi connectivity index (χ1n) is 2.08. The maximum Gasteiger partial charge on any atom is 0.0594 e. The molecule has 0 amide bonds. The van der Waals surface area contributed by atoms with Crippen molar-refractivity contribution in [3.05, 3.63) is 12.2 Å². The molecule has 1 nitrogen and oxygen atoms in total. The van der Waals surface area contributed by atoms with E-state index < -0.39 is 0 Å². The third kappa shape index (κ3) is 2.83. The highest BCUT2D eigenvalue weighted by Crippen LogP contribution is 2.06. The molecular weight excluding hydrogens is 156 g/mol. The van der Waals surface area contributed by atoms with Crippen molar-refractivity contribution in [3.8, 4) is 0 Å². The first-order chi connectivity index (χ1) is 3.18. The second-order valence-corrected chi connectivity index (χ2v) is 2.60. The minimum Gasteiger partial charge on any atom is -0.395 e. The number of rotatable bonds is 2. The summed E-state index contributed by atoms with van der Waals surface area (Å²) in [6.45, 7) is 5.62. The Hall–Kier alpha value is 0.180. The van der Waals surface area contributed by atoms with E-state index >= 15 is 0 Å². The molecule has 0 spiro atoms. The van der Waals surface area contributed by atoms with Crippen LogP contribution in [-0.4, -0.2) is 16.5 Å². The molecule has 0 aliphatic rings. The molecule has 0 aliphatic heterocycles. The lowest BCUT2D eigenvalue weighted by molar-refractivity contribution is 0.306. The van der Waals surface area contributed by atoms with Gasteiger partial charge in [0.15, 0.2) is 0 Å². The Bertz CT molecular complexity index is 70.5. The molecule has 2 heteroatoms. The highest BCUT2D eigenvalue weighted by Gasteiger charge is 1.98. The van der Waals surface area contributed by atoms with Gasteiger partial charge in [-0.05, 0) is 6.92 Å². The Morgan fingerprint density at radius 3 is 2.43 bits per heavy atom. The van der Waals surface area contributed by atoms with Crippen molar-refractivity contribution in [2.45, 2.75) is 11.8 Å². The molecule has 1 N–H and O–H groups in total. The molecule has 0 saturated heterocycles. The van der Waals surface area contributed by atoms with Crippen LogP contribution in [0, 0.1) is 0 Å². The number of alkyl halides is 1. The molecule has 0 radical (unpaired) electrons. The molecule has 0 rings (SSSR count). The van der Waals surface area contributed by atoms with Gasteiger partial charge in [-0.25, -0.2) is 0 Å². The SMILES string of the molecule is C=C(C)[C@H](Br)CO. The molecular formula is C5H9BrO. The van der Waals surface area contributed by atoms with Crippen molar-refractivity contribution in [3.63, 3.8) is 0 Å². The van der Waals surface area contributed by atoms with E-state index in [4.69, 9.17) is 5.11 Å². The van der Waals surface area contributed by atoms with Crippen LogP contribution in [0.25, 0.3) is 0 Å². The lowest BCUT2D eigenvalue weighted by atomic mass is 10.3. The molecule has 42 valence electrons. The van der Waals surface area contributed by atoms with Gasteiger partial charge < -0.3 is 5.11 Å². The zero-order valence-corrected chi connectivity index (χ0v) is 5.90. The molecule has 0 aromatic carbocycles. The van der Waals surface area contributed by atoms with E-state index in [9.17, 15) is 0 Å². The van der Waals surface area contributed by atoms with Gasteiger partial charge in [-0.1, -0.05) is 28.1 Å². The predicted molar refractivity (Wildman–Crippen MR) is 34.6 cm³/mol. The summed E-state index contributed by atoms with van der Waals surface area (Å²) in [5.74, 6) is 0. The molecule has 7 heavy (non-hydrogen) atoms. The van der Waals surface area contributed by atoms with E-state index in [2.05, 4.69) is 22.5 Å². The molecule has 0 aromatic rings. The van der Waals surface area contributed by atoms with Gasteiger partial charge in [0, 0.05) is 0 Å². The summed E-state index contributed by atoms with van der Waals surface area (Å²) in [4.78, 5) is 0.0764. The van der Waals surface area contributed by atoms with E-state index in [0.717, 1.165) is 5.57 Å². The molecule has 0 aliphatic carbocycles. The molecule has 0 bridgehead atoms. The number of halogens is 1. The van der Waals surface area contributed by atoms with Gasteiger partial charge in [-0.3, -0.25) is 0 Å². The van der Waals surface area contributed by atoms with Crippen molar-refractivity contribution < 1.29 is 5.11 Å². The average Bonchev–Trinajstić information content (AvgIpc) is 1.65. The topological polar surface area (TPSA) is 20.2 Å². The Labute approximate surface area is 52.2 Å². The second-order valence-electron chi connectivity index (χ2n) is 1.50. The molecule has 0 aromatic heterocycles. The Morgan fingerprint density at radius 2 is 2.43 bits per heavy atom. The van der Waals surface area contributed by atoms with Gasteiger partial charge in [0.05, 0.1) is 11.4 Å². The van der Waals surface area contributed by atoms with Crippen LogP contribution in [0.15, 0.2) is 12.2 Å². The number of aliphatic hydroxyl groups is 1. The quantitative estimate of drug-likeness (QED) is 0.483. The van der Waals surface area contributed by atoms with Gasteiger partial charge in [0.25, 0.3) is 0 Å². The normalized spacial score (nSPS) is 13.6. The van der Waals surface area contributed by atoms with Crippen molar-refractivity contribution in [1.29, 1.82) is 0 Å². The third-order valence-electron chi connectivity index (χ3n) is 0.695. The predicted octanol–water partition coefficient (Wildman–Crippen LogP) is 1.32. The highest BCUT2D eigenvalue weighted by molar-refractivity contribution is 9.09. The minimum atomic E-state index is 0.0764. The lowest BCUT2D eigenvalue weighted by Gasteiger charge is -2.01. The summed E-state index contributed by atoms with van der Waals surface area (Å²) in [6.07, 6.45) is 0. The van der Waals surface area contributed by atoms with Gasteiger partial charge in [0.2, 0.25) is 0 Å². The largest absolute Gasteiger partial charge is 0.395 e. The van der Waals surface area contributed by atoms with Crippen LogP contribution >= 0.6 is 15.9 Å². The second kappa shape index (κ2) is 3.22. The third-order valence-corrected chi connectivity index (χ3v) is 1.77. The number of hydrogen-bond donors (Lipinski definition) is 1. The zero-order valence-electron chi connectivity index (χ0n) is 4.32. The van der Waals surface area contributed by atoms with Crippen molar-refractivity contribution in [2.24, 2.45) is 0 Å². The smallest absolute Gasteiger partial charge is 0.0594 e. The summed E-state index contributed by atoms with van der Waals surface area (Å²) in [7, 11) is 0. The Balaban J connectivity index is 3.34. The van der Waals surface area contributed by atoms with E-state index in [1.807, 2.05) is 6.92 Å². The lowest BCUT2D eigenvalue weighted by Crippen LogP contribution is -2.03. The minimum absolute atomic E-state index is 0.0764. The molecule has 1 atom stereocenters. The van der Waals surface area contributed by atoms with Gasteiger partial charge in [-0.2, -0.15) is 0 Å². The van der Waals surface area contributed by atoms with Crippen LogP contribution in [0.4, 0.5) is 0 Å². The molecule has 0 saturated carbocycles. The first kappa shape index (κ1) is 7.18. The molecule has 0 heterocycles. The summed E-state index contributed by atoms with van der Waals surface area (Å²) >= 11 is 3.19. The number of aliphatic hydroxyl groups excluding tert-OH is 1. The highest BCUT2D eigenvalue weighted by atomic mass is 79.9. The van der Waals surface area contributed by atoms with Gasteiger partial charge in [0.1, 0.15) is 0 Å². The fraction of sp³-hybridized carbons (Fsp3) is 0.600. The standard InChI is InChI=1S/C5H9BrO/c1-4(2)5(6)3-7/h5,7H,1,3H2,2H3/t5-/m1/s1. The summed E-state index contributed by atoms with van der Waals surface area (Å²) in [5.41, 5.74) is 0.961. The van der Waals surface area contributed by atoms with Crippen LogP contribution in [0.2, 0.25) is 0 Å². The fourth-order valence-electron chi connectivity index (χ4n) is 0.156. The van der Waals surface area contributed by atoms with Crippen molar-refractivity contribution in [1.82, 2.24) is 0 Å². The van der Waals surface area contributed by atoms with Crippen molar-refractivity contribution >= 4 is 15.9 Å². The van der Waals surface area contributed by atoms with E-state index in [-0.39, 0.29) is 11.4 Å². The van der Waals surface area contributed by atoms with Crippen LogP contribution in [0.3, 0.4) is 0 Å². The maximum atomic E-state index is 8.40. The van der Waals surface area contributed by atoms with Gasteiger partial charge >= 0.3 is 0 Å².